The zero-order valence-electron chi connectivity index (χ0n) is 11.3. The van der Waals surface area contributed by atoms with E-state index in [0.717, 1.165) is 13.0 Å². The van der Waals surface area contributed by atoms with E-state index >= 15 is 0 Å². The van der Waals surface area contributed by atoms with Gasteiger partial charge in [0.05, 0.1) is 5.60 Å². The highest BCUT2D eigenvalue weighted by Crippen LogP contribution is 2.51. The Morgan fingerprint density at radius 2 is 2.06 bits per heavy atom. The third kappa shape index (κ3) is 2.34. The van der Waals surface area contributed by atoms with Crippen LogP contribution in [0, 0.1) is 5.41 Å². The summed E-state index contributed by atoms with van der Waals surface area (Å²) < 4.78 is 16.8. The van der Waals surface area contributed by atoms with Crippen LogP contribution in [0.15, 0.2) is 0 Å². The van der Waals surface area contributed by atoms with Crippen molar-refractivity contribution in [3.05, 3.63) is 0 Å². The smallest absolute Gasteiger partial charge is 0.0731 e. The number of nitrogens with one attached hydrogen (secondary N) is 1. The molecule has 0 aromatic heterocycles. The highest BCUT2D eigenvalue weighted by molar-refractivity contribution is 7.84. The molecule has 0 bridgehead atoms. The second kappa shape index (κ2) is 4.75. The molecule has 1 aliphatic carbocycles. The molecule has 1 rings (SSSR count). The van der Waals surface area contributed by atoms with E-state index in [4.69, 9.17) is 4.74 Å². The van der Waals surface area contributed by atoms with Gasteiger partial charge in [0, 0.05) is 47.4 Å². The summed E-state index contributed by atoms with van der Waals surface area (Å²) in [4.78, 5) is 0. The molecule has 1 N–H and O–H groups in total. The van der Waals surface area contributed by atoms with E-state index < -0.39 is 10.8 Å². The summed E-state index contributed by atoms with van der Waals surface area (Å²) in [5.41, 5.74) is 0.107. The molecule has 3 nitrogen and oxygen atoms in total. The predicted octanol–water partition coefficient (Wildman–Crippen LogP) is 1.55. The number of ether oxygens (including phenoxy) is 1. The summed E-state index contributed by atoms with van der Waals surface area (Å²) >= 11 is 0. The molecule has 0 spiro atoms. The Morgan fingerprint density at radius 3 is 2.44 bits per heavy atom. The molecule has 1 aliphatic rings. The maximum absolute atomic E-state index is 11.3. The molecule has 96 valence electrons. The summed E-state index contributed by atoms with van der Waals surface area (Å²) in [5, 5.41) is 3.72. The SMILES string of the molecule is COC1(C)CC(NCC(C)S(C)=O)C1(C)C. The summed E-state index contributed by atoms with van der Waals surface area (Å²) in [6, 6.07) is 0.462. The fraction of sp³-hybridized carbons (Fsp3) is 1.00. The third-order valence-corrected chi connectivity index (χ3v) is 5.80. The minimum atomic E-state index is -0.744. The number of hydrogen-bond donors (Lipinski definition) is 1. The van der Waals surface area contributed by atoms with E-state index in [1.807, 2.05) is 6.92 Å². The third-order valence-electron chi connectivity index (χ3n) is 4.50. The Kier molecular flexibility index (Phi) is 4.19. The fourth-order valence-electron chi connectivity index (χ4n) is 2.24. The lowest BCUT2D eigenvalue weighted by atomic mass is 9.56. The van der Waals surface area contributed by atoms with Crippen LogP contribution in [0.25, 0.3) is 0 Å². The van der Waals surface area contributed by atoms with Crippen molar-refractivity contribution in [2.75, 3.05) is 19.9 Å². The van der Waals surface area contributed by atoms with Gasteiger partial charge in [-0.25, -0.2) is 0 Å². The summed E-state index contributed by atoms with van der Waals surface area (Å²) in [6.45, 7) is 9.45. The molecule has 4 heteroatoms. The molecule has 4 atom stereocenters. The zero-order chi connectivity index (χ0) is 12.6. The maximum atomic E-state index is 11.3. The van der Waals surface area contributed by atoms with E-state index in [-0.39, 0.29) is 16.3 Å². The van der Waals surface area contributed by atoms with Gasteiger partial charge in [-0.3, -0.25) is 4.21 Å². The van der Waals surface area contributed by atoms with Gasteiger partial charge in [0.15, 0.2) is 0 Å². The van der Waals surface area contributed by atoms with Crippen molar-refractivity contribution in [2.24, 2.45) is 5.41 Å². The number of hydrogen-bond acceptors (Lipinski definition) is 3. The normalized spacial score (nSPS) is 36.5. The van der Waals surface area contributed by atoms with Gasteiger partial charge in [0.2, 0.25) is 0 Å². The van der Waals surface area contributed by atoms with Crippen LogP contribution in [-0.4, -0.2) is 41.0 Å². The molecule has 0 aromatic carbocycles. The standard InChI is InChI=1S/C12H25NO2S/c1-9(16(6)14)8-13-10-7-12(4,15-5)11(10,2)3/h9-10,13H,7-8H2,1-6H3. The van der Waals surface area contributed by atoms with Crippen molar-refractivity contribution in [3.8, 4) is 0 Å². The zero-order valence-corrected chi connectivity index (χ0v) is 12.1. The Hall–Kier alpha value is 0.0700. The number of methoxy groups -OCH3 is 1. The Morgan fingerprint density at radius 1 is 1.50 bits per heavy atom. The van der Waals surface area contributed by atoms with Crippen LogP contribution in [0.1, 0.15) is 34.1 Å². The first-order valence-electron chi connectivity index (χ1n) is 5.85. The van der Waals surface area contributed by atoms with Crippen LogP contribution < -0.4 is 5.32 Å². The average molecular weight is 247 g/mol. The molecule has 0 heterocycles. The lowest BCUT2D eigenvalue weighted by Gasteiger charge is -2.59. The van der Waals surface area contributed by atoms with Crippen LogP contribution in [0.4, 0.5) is 0 Å². The van der Waals surface area contributed by atoms with Crippen LogP contribution in [0.3, 0.4) is 0 Å². The lowest BCUT2D eigenvalue weighted by molar-refractivity contribution is -0.180. The Labute approximate surface area is 102 Å². The summed E-state index contributed by atoms with van der Waals surface area (Å²) in [5.74, 6) is 0. The summed E-state index contributed by atoms with van der Waals surface area (Å²) in [7, 11) is 1.04. The van der Waals surface area contributed by atoms with Crippen LogP contribution >= 0.6 is 0 Å². The van der Waals surface area contributed by atoms with Gasteiger partial charge in [-0.05, 0) is 20.3 Å². The van der Waals surface area contributed by atoms with Gasteiger partial charge in [-0.2, -0.15) is 0 Å². The topological polar surface area (TPSA) is 38.3 Å². The van der Waals surface area contributed by atoms with Crippen LogP contribution in [-0.2, 0) is 15.5 Å². The predicted molar refractivity (Wildman–Crippen MR) is 69.1 cm³/mol. The molecular formula is C12H25NO2S. The first-order valence-corrected chi connectivity index (χ1v) is 7.47. The molecule has 0 aromatic rings. The van der Waals surface area contributed by atoms with E-state index in [0.29, 0.717) is 6.04 Å². The molecule has 4 unspecified atom stereocenters. The average Bonchev–Trinajstić information content (AvgIpc) is 2.22. The molecule has 1 fully saturated rings. The second-order valence-corrected chi connectivity index (χ2v) is 7.43. The fourth-order valence-corrected chi connectivity index (χ4v) is 2.58. The van der Waals surface area contributed by atoms with Crippen molar-refractivity contribution in [2.45, 2.75) is 51.0 Å². The maximum Gasteiger partial charge on any atom is 0.0731 e. The molecule has 0 saturated heterocycles. The van der Waals surface area contributed by atoms with Gasteiger partial charge >= 0.3 is 0 Å². The molecule has 0 aliphatic heterocycles. The van der Waals surface area contributed by atoms with E-state index in [1.165, 1.54) is 0 Å². The Bertz CT molecular complexity index is 280. The largest absolute Gasteiger partial charge is 0.378 e. The van der Waals surface area contributed by atoms with E-state index in [9.17, 15) is 4.21 Å². The van der Waals surface area contributed by atoms with Gasteiger partial charge < -0.3 is 10.1 Å². The van der Waals surface area contributed by atoms with Crippen molar-refractivity contribution in [1.82, 2.24) is 5.32 Å². The van der Waals surface area contributed by atoms with Gasteiger partial charge in [-0.1, -0.05) is 13.8 Å². The summed E-state index contributed by atoms with van der Waals surface area (Å²) in [6.07, 6.45) is 2.79. The molecule has 16 heavy (non-hydrogen) atoms. The number of rotatable bonds is 5. The van der Waals surface area contributed by atoms with Crippen LogP contribution in [0.5, 0.6) is 0 Å². The minimum absolute atomic E-state index is 0.0285. The Balaban J connectivity index is 2.46. The molecule has 0 radical (unpaired) electrons. The first-order chi connectivity index (χ1) is 7.24. The highest BCUT2D eigenvalue weighted by atomic mass is 32.2. The van der Waals surface area contributed by atoms with Gasteiger partial charge in [-0.15, -0.1) is 0 Å². The van der Waals surface area contributed by atoms with Gasteiger partial charge in [0.25, 0.3) is 0 Å². The first kappa shape index (κ1) is 14.1. The second-order valence-electron chi connectivity index (χ2n) is 5.63. The molecule has 0 amide bonds. The van der Waals surface area contributed by atoms with Crippen molar-refractivity contribution < 1.29 is 8.95 Å². The monoisotopic (exact) mass is 247 g/mol. The molecular weight excluding hydrogens is 222 g/mol. The highest BCUT2D eigenvalue weighted by Gasteiger charge is 2.57. The van der Waals surface area contributed by atoms with E-state index in [1.54, 1.807) is 13.4 Å². The quantitative estimate of drug-likeness (QED) is 0.801. The van der Waals surface area contributed by atoms with Crippen molar-refractivity contribution in [3.63, 3.8) is 0 Å². The van der Waals surface area contributed by atoms with Gasteiger partial charge in [0.1, 0.15) is 0 Å². The van der Waals surface area contributed by atoms with Crippen molar-refractivity contribution in [1.29, 1.82) is 0 Å². The van der Waals surface area contributed by atoms with Crippen molar-refractivity contribution >= 4 is 10.8 Å². The minimum Gasteiger partial charge on any atom is -0.378 e. The van der Waals surface area contributed by atoms with Crippen LogP contribution in [0.2, 0.25) is 0 Å². The lowest BCUT2D eigenvalue weighted by Crippen LogP contribution is -2.68. The van der Waals surface area contributed by atoms with E-state index in [2.05, 4.69) is 26.1 Å². The molecule has 1 saturated carbocycles.